The predicted octanol–water partition coefficient (Wildman–Crippen LogP) is 0.294. The number of hydrogen-bond acceptors (Lipinski definition) is 8. The molecule has 1 aromatic heterocycles. The average Bonchev–Trinajstić information content (AvgIpc) is 2.92. The molecular weight excluding hydrogens is 274 g/mol. The summed E-state index contributed by atoms with van der Waals surface area (Å²) in [6.07, 6.45) is 1.43. The first-order valence-electron chi connectivity index (χ1n) is 5.76. The van der Waals surface area contributed by atoms with Crippen molar-refractivity contribution in [1.82, 2.24) is 10.3 Å². The van der Waals surface area contributed by atoms with Crippen LogP contribution in [0.4, 0.5) is 5.82 Å². The number of benzene rings is 1. The summed E-state index contributed by atoms with van der Waals surface area (Å²) in [4.78, 5) is 0. The van der Waals surface area contributed by atoms with E-state index < -0.39 is 0 Å². The van der Waals surface area contributed by atoms with Gasteiger partial charge in [0.25, 0.3) is 0 Å². The third kappa shape index (κ3) is 3.54. The highest BCUT2D eigenvalue weighted by atomic mass is 16.6. The van der Waals surface area contributed by atoms with Gasteiger partial charge >= 0.3 is 0 Å². The van der Waals surface area contributed by atoms with Crippen molar-refractivity contribution >= 4 is 17.9 Å². The number of aromatic nitrogens is 2. The molecule has 2 rings (SSSR count). The quantitative estimate of drug-likeness (QED) is 0.455. The number of amidine groups is 1. The second-order valence-corrected chi connectivity index (χ2v) is 3.71. The van der Waals surface area contributed by atoms with Gasteiger partial charge in [0.05, 0.1) is 6.21 Å². The van der Waals surface area contributed by atoms with Crippen molar-refractivity contribution in [3.05, 3.63) is 35.5 Å². The van der Waals surface area contributed by atoms with E-state index in [1.807, 2.05) is 6.07 Å². The zero-order chi connectivity index (χ0) is 15.1. The molecule has 0 radical (unpaired) electrons. The summed E-state index contributed by atoms with van der Waals surface area (Å²) in [5, 5.41) is 23.0. The van der Waals surface area contributed by atoms with E-state index in [0.29, 0.717) is 11.3 Å². The smallest absolute Gasteiger partial charge is 0.199 e. The normalized spacial score (nSPS) is 11.5. The molecule has 1 aromatic carbocycles. The van der Waals surface area contributed by atoms with Crippen LogP contribution in [0.15, 0.2) is 39.1 Å². The molecule has 0 aliphatic carbocycles. The number of hydrogen-bond donors (Lipinski definition) is 2. The van der Waals surface area contributed by atoms with E-state index in [1.54, 1.807) is 24.3 Å². The van der Waals surface area contributed by atoms with E-state index in [4.69, 9.17) is 21.5 Å². The predicted molar refractivity (Wildman–Crippen MR) is 74.6 cm³/mol. The lowest BCUT2D eigenvalue weighted by Gasteiger charge is -2.03. The zero-order valence-electron chi connectivity index (χ0n) is 10.8. The van der Waals surface area contributed by atoms with Crippen LogP contribution in [0, 0.1) is 11.3 Å². The van der Waals surface area contributed by atoms with E-state index in [1.165, 1.54) is 6.21 Å². The van der Waals surface area contributed by atoms with Crippen LogP contribution >= 0.6 is 0 Å². The Labute approximate surface area is 119 Å². The largest absolute Gasteiger partial charge is 0.478 e. The van der Waals surface area contributed by atoms with Gasteiger partial charge in [-0.25, -0.2) is 4.63 Å². The van der Waals surface area contributed by atoms with Gasteiger partial charge in [0.1, 0.15) is 11.8 Å². The molecule has 0 aliphatic rings. The minimum atomic E-state index is -0.0581. The SMILES string of the molecule is N#CCOc1ccccc1C=N/N=C(\N)c1nonc1N. The number of anilines is 1. The Bertz CT molecular complexity index is 714. The van der Waals surface area contributed by atoms with Crippen LogP contribution in [0.2, 0.25) is 0 Å². The van der Waals surface area contributed by atoms with Crippen LogP contribution in [0.25, 0.3) is 0 Å². The van der Waals surface area contributed by atoms with Crippen LogP contribution in [0.3, 0.4) is 0 Å². The number of nitrogen functional groups attached to an aromatic ring is 1. The number of nitrogens with two attached hydrogens (primary N) is 2. The fourth-order valence-electron chi connectivity index (χ4n) is 1.40. The first kappa shape index (κ1) is 14.0. The number of para-hydroxylation sites is 1. The molecule has 21 heavy (non-hydrogen) atoms. The Morgan fingerprint density at radius 1 is 1.43 bits per heavy atom. The molecule has 4 N–H and O–H groups in total. The summed E-state index contributed by atoms with van der Waals surface area (Å²) in [5.41, 5.74) is 11.9. The Morgan fingerprint density at radius 2 is 2.24 bits per heavy atom. The second kappa shape index (κ2) is 6.67. The van der Waals surface area contributed by atoms with Gasteiger partial charge < -0.3 is 16.2 Å². The number of ether oxygens (including phenoxy) is 1. The van der Waals surface area contributed by atoms with Crippen molar-refractivity contribution in [2.45, 2.75) is 0 Å². The van der Waals surface area contributed by atoms with E-state index >= 15 is 0 Å². The molecule has 0 atom stereocenters. The topological polar surface area (TPSA) is 149 Å². The molecule has 2 aromatic rings. The van der Waals surface area contributed by atoms with Crippen molar-refractivity contribution in [3.63, 3.8) is 0 Å². The zero-order valence-corrected chi connectivity index (χ0v) is 10.8. The van der Waals surface area contributed by atoms with Crippen molar-refractivity contribution in [3.8, 4) is 11.8 Å². The van der Waals surface area contributed by atoms with Crippen LogP contribution in [0.5, 0.6) is 5.75 Å². The molecule has 1 heterocycles. The number of nitriles is 1. The first-order chi connectivity index (χ1) is 10.2. The molecule has 0 unspecified atom stereocenters. The molecule has 0 saturated carbocycles. The summed E-state index contributed by atoms with van der Waals surface area (Å²) in [6.45, 7) is -0.0581. The van der Waals surface area contributed by atoms with Crippen molar-refractivity contribution in [1.29, 1.82) is 5.26 Å². The first-order valence-corrected chi connectivity index (χ1v) is 5.76. The maximum Gasteiger partial charge on any atom is 0.199 e. The lowest BCUT2D eigenvalue weighted by molar-refractivity contribution is 0.308. The fraction of sp³-hybridized carbons (Fsp3) is 0.0833. The highest BCUT2D eigenvalue weighted by Gasteiger charge is 2.10. The summed E-state index contributed by atoms with van der Waals surface area (Å²) in [5.74, 6) is 0.517. The minimum absolute atomic E-state index is 0.0274. The number of rotatable bonds is 5. The summed E-state index contributed by atoms with van der Waals surface area (Å²) in [7, 11) is 0. The van der Waals surface area contributed by atoms with Gasteiger partial charge in [0.15, 0.2) is 24.0 Å². The minimum Gasteiger partial charge on any atom is -0.478 e. The third-order valence-corrected chi connectivity index (χ3v) is 2.33. The molecule has 9 heteroatoms. The molecular formula is C12H11N7O2. The highest BCUT2D eigenvalue weighted by Crippen LogP contribution is 2.15. The molecule has 0 bridgehead atoms. The van der Waals surface area contributed by atoms with Gasteiger partial charge in [0.2, 0.25) is 0 Å². The van der Waals surface area contributed by atoms with E-state index in [9.17, 15) is 0 Å². The summed E-state index contributed by atoms with van der Waals surface area (Å²) >= 11 is 0. The average molecular weight is 285 g/mol. The molecule has 106 valence electrons. The second-order valence-electron chi connectivity index (χ2n) is 3.71. The molecule has 0 aliphatic heterocycles. The maximum absolute atomic E-state index is 8.52. The van der Waals surface area contributed by atoms with Crippen molar-refractivity contribution in [2.24, 2.45) is 15.9 Å². The molecule has 0 fully saturated rings. The molecule has 0 amide bonds. The lowest BCUT2D eigenvalue weighted by atomic mass is 10.2. The van der Waals surface area contributed by atoms with Gasteiger partial charge in [0, 0.05) is 5.56 Å². The lowest BCUT2D eigenvalue weighted by Crippen LogP contribution is -2.15. The van der Waals surface area contributed by atoms with Gasteiger partial charge in [-0.3, -0.25) is 0 Å². The Morgan fingerprint density at radius 3 is 2.95 bits per heavy atom. The monoisotopic (exact) mass is 285 g/mol. The standard InChI is InChI=1S/C12H11N7O2/c13-5-6-20-9-4-2-1-3-8(9)7-16-17-11(14)10-12(15)19-21-18-10/h1-4,7H,6H2,(H2,14,17)(H2,15,19). The Kier molecular flexibility index (Phi) is 4.45. The van der Waals surface area contributed by atoms with Gasteiger partial charge in [-0.2, -0.15) is 10.4 Å². The van der Waals surface area contributed by atoms with Gasteiger partial charge in [-0.15, -0.1) is 5.10 Å². The van der Waals surface area contributed by atoms with Crippen LogP contribution in [-0.2, 0) is 0 Å². The van der Waals surface area contributed by atoms with Crippen molar-refractivity contribution < 1.29 is 9.37 Å². The summed E-state index contributed by atoms with van der Waals surface area (Å²) < 4.78 is 9.65. The molecule has 0 spiro atoms. The van der Waals surface area contributed by atoms with Crippen LogP contribution in [0.1, 0.15) is 11.3 Å². The fourth-order valence-corrected chi connectivity index (χ4v) is 1.40. The van der Waals surface area contributed by atoms with E-state index in [-0.39, 0.29) is 24.0 Å². The highest BCUT2D eigenvalue weighted by molar-refractivity contribution is 5.99. The van der Waals surface area contributed by atoms with Crippen LogP contribution in [-0.4, -0.2) is 29.0 Å². The Balaban J connectivity index is 2.15. The van der Waals surface area contributed by atoms with Gasteiger partial charge in [-0.05, 0) is 22.4 Å². The van der Waals surface area contributed by atoms with Crippen molar-refractivity contribution in [2.75, 3.05) is 12.3 Å². The van der Waals surface area contributed by atoms with Crippen LogP contribution < -0.4 is 16.2 Å². The summed E-state index contributed by atoms with van der Waals surface area (Å²) in [6, 6.07) is 8.94. The molecule has 0 saturated heterocycles. The third-order valence-electron chi connectivity index (χ3n) is 2.33. The maximum atomic E-state index is 8.52. The van der Waals surface area contributed by atoms with E-state index in [0.717, 1.165) is 0 Å². The molecule has 9 nitrogen and oxygen atoms in total. The van der Waals surface area contributed by atoms with Gasteiger partial charge in [-0.1, -0.05) is 12.1 Å². The Hall–Kier alpha value is -3.41. The van der Waals surface area contributed by atoms with E-state index in [2.05, 4.69) is 25.1 Å². The number of nitrogens with zero attached hydrogens (tertiary/aromatic N) is 5.